The second-order valence-electron chi connectivity index (χ2n) is 2.61. The quantitative estimate of drug-likeness (QED) is 0.605. The Labute approximate surface area is 66.3 Å². The lowest BCUT2D eigenvalue weighted by atomic mass is 10.2. The molecule has 0 aliphatic heterocycles. The van der Waals surface area contributed by atoms with E-state index in [9.17, 15) is 0 Å². The summed E-state index contributed by atoms with van der Waals surface area (Å²) < 4.78 is 0. The van der Waals surface area contributed by atoms with Crippen LogP contribution in [0.5, 0.6) is 0 Å². The van der Waals surface area contributed by atoms with Crippen molar-refractivity contribution < 1.29 is 5.11 Å². The highest BCUT2D eigenvalue weighted by Crippen LogP contribution is 1.78. The maximum Gasteiger partial charge on any atom is 0.0701 e. The number of aliphatic hydroxyl groups excluding tert-OH is 1. The third kappa shape index (κ3) is 2.20. The van der Waals surface area contributed by atoms with E-state index in [-0.39, 0.29) is 0 Å². The average Bonchev–Trinajstić information content (AvgIpc) is 1.93. The highest BCUT2D eigenvalue weighted by atomic mass is 16.3. The first kappa shape index (κ1) is 8.02. The van der Waals surface area contributed by atoms with Crippen LogP contribution in [0, 0.1) is 0 Å². The van der Waals surface area contributed by atoms with Crippen LogP contribution in [0.2, 0.25) is 0 Å². The van der Waals surface area contributed by atoms with Gasteiger partial charge in [-0.15, -0.1) is 0 Å². The molecule has 0 amide bonds. The summed E-state index contributed by atoms with van der Waals surface area (Å²) in [4.78, 5) is 0. The van der Waals surface area contributed by atoms with Crippen LogP contribution in [0.3, 0.4) is 0 Å². The summed E-state index contributed by atoms with van der Waals surface area (Å²) in [6, 6.07) is 7.73. The van der Waals surface area contributed by atoms with Gasteiger partial charge >= 0.3 is 0 Å². The molecule has 1 rings (SSSR count). The molecule has 11 heavy (non-hydrogen) atoms. The molecule has 0 saturated carbocycles. The normalized spacial score (nSPS) is 14.9. The minimum absolute atomic E-state index is 0.405. The van der Waals surface area contributed by atoms with Crippen molar-refractivity contribution in [1.29, 1.82) is 0 Å². The highest BCUT2D eigenvalue weighted by molar-refractivity contribution is 5.29. The molecule has 1 nitrogen and oxygen atoms in total. The van der Waals surface area contributed by atoms with Gasteiger partial charge in [0.15, 0.2) is 0 Å². The molecule has 0 saturated heterocycles. The van der Waals surface area contributed by atoms with Gasteiger partial charge in [-0.05, 0) is 23.4 Å². The van der Waals surface area contributed by atoms with Crippen LogP contribution in [0.15, 0.2) is 24.3 Å². The van der Waals surface area contributed by atoms with Crippen molar-refractivity contribution >= 4 is 12.7 Å². The van der Waals surface area contributed by atoms with E-state index < -0.39 is 6.10 Å². The summed E-state index contributed by atoms with van der Waals surface area (Å²) in [5, 5.41) is 11.0. The monoisotopic (exact) mass is 148 g/mol. The lowest BCUT2D eigenvalue weighted by Crippen LogP contribution is -2.23. The maximum absolute atomic E-state index is 9.05. The van der Waals surface area contributed by atoms with Crippen molar-refractivity contribution in [1.82, 2.24) is 0 Å². The van der Waals surface area contributed by atoms with Gasteiger partial charge in [-0.25, -0.2) is 0 Å². The smallest absolute Gasteiger partial charge is 0.0701 e. The molecule has 0 spiro atoms. The standard InChI is InChI=1S/C10H12O/c1-8-5-3-4-6-10(8)7-9(2)11/h3-7,9,11H,1H2,2H3/b10-7+. The van der Waals surface area contributed by atoms with E-state index in [1.807, 2.05) is 24.3 Å². The summed E-state index contributed by atoms with van der Waals surface area (Å²) in [7, 11) is 0. The number of hydrogen-bond acceptors (Lipinski definition) is 1. The molecule has 0 aliphatic rings. The Kier molecular flexibility index (Phi) is 2.44. The van der Waals surface area contributed by atoms with Crippen LogP contribution < -0.4 is 10.4 Å². The highest BCUT2D eigenvalue weighted by Gasteiger charge is 1.86. The Morgan fingerprint density at radius 1 is 1.45 bits per heavy atom. The fourth-order valence-corrected chi connectivity index (χ4v) is 0.957. The first-order valence-corrected chi connectivity index (χ1v) is 3.64. The van der Waals surface area contributed by atoms with Gasteiger partial charge in [0.05, 0.1) is 6.10 Å². The summed E-state index contributed by atoms with van der Waals surface area (Å²) in [5.74, 6) is 0. The van der Waals surface area contributed by atoms with Crippen molar-refractivity contribution in [2.24, 2.45) is 0 Å². The Hall–Kier alpha value is -1.08. The van der Waals surface area contributed by atoms with Gasteiger partial charge in [0.2, 0.25) is 0 Å². The summed E-state index contributed by atoms with van der Waals surface area (Å²) in [6.07, 6.45) is 1.38. The Morgan fingerprint density at radius 3 is 2.64 bits per heavy atom. The van der Waals surface area contributed by atoms with E-state index in [1.165, 1.54) is 0 Å². The molecular weight excluding hydrogens is 136 g/mol. The van der Waals surface area contributed by atoms with E-state index in [0.717, 1.165) is 10.4 Å². The van der Waals surface area contributed by atoms with Crippen LogP contribution in [0.1, 0.15) is 6.92 Å². The Morgan fingerprint density at radius 2 is 2.09 bits per heavy atom. The number of rotatable bonds is 1. The molecule has 0 heterocycles. The molecule has 1 N–H and O–H groups in total. The number of benzene rings is 1. The lowest BCUT2D eigenvalue weighted by molar-refractivity contribution is 0.258. The second kappa shape index (κ2) is 3.35. The van der Waals surface area contributed by atoms with Crippen molar-refractivity contribution in [2.45, 2.75) is 13.0 Å². The molecule has 1 unspecified atom stereocenters. The Balaban J connectivity index is 3.24. The zero-order chi connectivity index (χ0) is 8.27. The van der Waals surface area contributed by atoms with Gasteiger partial charge < -0.3 is 5.11 Å². The zero-order valence-electron chi connectivity index (χ0n) is 6.62. The third-order valence-corrected chi connectivity index (χ3v) is 1.48. The Bertz CT molecular complexity index is 325. The average molecular weight is 148 g/mol. The topological polar surface area (TPSA) is 20.2 Å². The fraction of sp³-hybridized carbons (Fsp3) is 0.200. The molecule has 0 aliphatic carbocycles. The lowest BCUT2D eigenvalue weighted by Gasteiger charge is -1.93. The summed E-state index contributed by atoms with van der Waals surface area (Å²) in [6.45, 7) is 5.56. The van der Waals surface area contributed by atoms with Gasteiger partial charge in [-0.2, -0.15) is 0 Å². The van der Waals surface area contributed by atoms with Crippen molar-refractivity contribution in [3.63, 3.8) is 0 Å². The molecule has 58 valence electrons. The SMILES string of the molecule is C=c1cccc/c1=C\C(C)O. The van der Waals surface area contributed by atoms with Crippen molar-refractivity contribution in [3.8, 4) is 0 Å². The maximum atomic E-state index is 9.05. The van der Waals surface area contributed by atoms with E-state index in [0.29, 0.717) is 0 Å². The van der Waals surface area contributed by atoms with Gasteiger partial charge in [0.25, 0.3) is 0 Å². The van der Waals surface area contributed by atoms with E-state index in [4.69, 9.17) is 5.11 Å². The minimum atomic E-state index is -0.405. The second-order valence-corrected chi connectivity index (χ2v) is 2.61. The van der Waals surface area contributed by atoms with Crippen LogP contribution in [-0.4, -0.2) is 11.2 Å². The molecule has 0 bridgehead atoms. The molecule has 0 radical (unpaired) electrons. The van der Waals surface area contributed by atoms with Crippen LogP contribution in [-0.2, 0) is 0 Å². The molecule has 1 aromatic rings. The first-order valence-electron chi connectivity index (χ1n) is 3.64. The predicted octanol–water partition coefficient (Wildman–Crippen LogP) is 0.258. The van der Waals surface area contributed by atoms with E-state index in [2.05, 4.69) is 6.58 Å². The molecule has 1 atom stereocenters. The molecular formula is C10H12O. The first-order chi connectivity index (χ1) is 5.20. The zero-order valence-corrected chi connectivity index (χ0v) is 6.62. The summed E-state index contributed by atoms with van der Waals surface area (Å²) in [5.41, 5.74) is 0. The fourth-order valence-electron chi connectivity index (χ4n) is 0.957. The van der Waals surface area contributed by atoms with Crippen LogP contribution >= 0.6 is 0 Å². The largest absolute Gasteiger partial charge is 0.389 e. The molecule has 0 fully saturated rings. The molecule has 1 aromatic carbocycles. The van der Waals surface area contributed by atoms with Gasteiger partial charge in [0, 0.05) is 0 Å². The molecule has 1 heteroatoms. The summed E-state index contributed by atoms with van der Waals surface area (Å²) >= 11 is 0. The number of hydrogen-bond donors (Lipinski definition) is 1. The molecule has 0 aromatic heterocycles. The van der Waals surface area contributed by atoms with Gasteiger partial charge in [-0.1, -0.05) is 30.8 Å². The van der Waals surface area contributed by atoms with E-state index >= 15 is 0 Å². The minimum Gasteiger partial charge on any atom is -0.389 e. The van der Waals surface area contributed by atoms with Crippen molar-refractivity contribution in [3.05, 3.63) is 34.7 Å². The third-order valence-electron chi connectivity index (χ3n) is 1.48. The number of aliphatic hydroxyl groups is 1. The van der Waals surface area contributed by atoms with Gasteiger partial charge in [-0.3, -0.25) is 0 Å². The van der Waals surface area contributed by atoms with E-state index in [1.54, 1.807) is 13.0 Å². The predicted molar refractivity (Wildman–Crippen MR) is 47.4 cm³/mol. The van der Waals surface area contributed by atoms with Crippen molar-refractivity contribution in [2.75, 3.05) is 0 Å². The van der Waals surface area contributed by atoms with Crippen LogP contribution in [0.25, 0.3) is 12.7 Å². The van der Waals surface area contributed by atoms with Gasteiger partial charge in [0.1, 0.15) is 0 Å². The van der Waals surface area contributed by atoms with Crippen LogP contribution in [0.4, 0.5) is 0 Å².